The highest BCUT2D eigenvalue weighted by atomic mass is 35.5. The van der Waals surface area contributed by atoms with Crippen LogP contribution in [0.15, 0.2) is 0 Å². The molecule has 2 nitrogen and oxygen atoms in total. The average Bonchev–Trinajstić information content (AvgIpc) is 1.92. The Morgan fingerprint density at radius 1 is 1.60 bits per heavy atom. The third kappa shape index (κ3) is 1.74. The number of hydrazine groups is 1. The van der Waals surface area contributed by atoms with Gasteiger partial charge in [0.05, 0.1) is 5.88 Å². The lowest BCUT2D eigenvalue weighted by Crippen LogP contribution is -2.58. The second kappa shape index (κ2) is 4.00. The summed E-state index contributed by atoms with van der Waals surface area (Å²) in [5.41, 5.74) is -0.424. The largest absolute Gasteiger partial charge is 0.271 e. The van der Waals surface area contributed by atoms with Crippen LogP contribution in [0.3, 0.4) is 0 Å². The zero-order valence-corrected chi connectivity index (χ0v) is 5.84. The van der Waals surface area contributed by atoms with Crippen molar-refractivity contribution in [2.75, 3.05) is 12.6 Å². The van der Waals surface area contributed by atoms with Crippen molar-refractivity contribution in [1.82, 2.24) is 5.43 Å². The Bertz CT molecular complexity index is 88.2. The van der Waals surface area contributed by atoms with E-state index in [1.165, 1.54) is 0 Å². The molecule has 0 bridgehead atoms. The molecule has 3 N–H and O–H groups in total. The van der Waals surface area contributed by atoms with Gasteiger partial charge in [-0.1, -0.05) is 0 Å². The molecule has 0 aromatic carbocycles. The average molecular weight is 177 g/mol. The molecule has 0 saturated carbocycles. The van der Waals surface area contributed by atoms with Gasteiger partial charge in [-0.2, -0.15) is 0 Å². The predicted molar refractivity (Wildman–Crippen MR) is 32.8 cm³/mol. The molecule has 6 heteroatoms. The molecule has 62 valence electrons. The summed E-state index contributed by atoms with van der Waals surface area (Å²) in [5, 5.41) is 0. The molecule has 0 amide bonds. The molecule has 0 rings (SSSR count). The monoisotopic (exact) mass is 176 g/mol. The molecule has 0 fully saturated rings. The zero-order chi connectivity index (χ0) is 8.20. The first-order chi connectivity index (χ1) is 4.63. The van der Waals surface area contributed by atoms with Crippen LogP contribution in [0.4, 0.5) is 13.2 Å². The van der Waals surface area contributed by atoms with Gasteiger partial charge in [-0.15, -0.1) is 11.6 Å². The molecular formula is C4H8ClF3N2. The van der Waals surface area contributed by atoms with Gasteiger partial charge in [0.15, 0.2) is 0 Å². The third-order valence-electron chi connectivity index (χ3n) is 1.18. The number of hydrogen-bond acceptors (Lipinski definition) is 2. The van der Waals surface area contributed by atoms with Gasteiger partial charge in [-0.05, 0) is 0 Å². The number of rotatable bonds is 4. The Labute approximate surface area is 61.5 Å². The Hall–Kier alpha value is -0.0000000000000000555. The van der Waals surface area contributed by atoms with Crippen LogP contribution >= 0.6 is 11.6 Å². The van der Waals surface area contributed by atoms with Crippen molar-refractivity contribution in [1.29, 1.82) is 0 Å². The Morgan fingerprint density at radius 2 is 2.10 bits per heavy atom. The number of alkyl halides is 4. The van der Waals surface area contributed by atoms with E-state index in [0.717, 1.165) is 0 Å². The fourth-order valence-electron chi connectivity index (χ4n) is 0.293. The first-order valence-electron chi connectivity index (χ1n) is 2.51. The van der Waals surface area contributed by atoms with Gasteiger partial charge < -0.3 is 0 Å². The fraction of sp³-hybridized carbons (Fsp3) is 1.00. The Balaban J connectivity index is 4.15. The third-order valence-corrected chi connectivity index (χ3v) is 1.66. The standard InChI is InChI=1S/C4H8ClF3N2/c5-1-4(2-6,10-9)3(7)8/h3,10H,1-2,9H2. The summed E-state index contributed by atoms with van der Waals surface area (Å²) in [5.74, 6) is 4.12. The molecular weight excluding hydrogens is 169 g/mol. The lowest BCUT2D eigenvalue weighted by atomic mass is 10.1. The van der Waals surface area contributed by atoms with E-state index in [1.54, 1.807) is 5.43 Å². The normalized spacial score (nSPS) is 17.4. The second-order valence-corrected chi connectivity index (χ2v) is 2.14. The molecule has 0 aromatic heterocycles. The molecule has 0 aromatic rings. The van der Waals surface area contributed by atoms with Gasteiger partial charge in [-0.3, -0.25) is 5.84 Å². The van der Waals surface area contributed by atoms with Crippen molar-refractivity contribution >= 4 is 11.6 Å². The summed E-state index contributed by atoms with van der Waals surface area (Å²) in [6.07, 6.45) is -2.90. The SMILES string of the molecule is NNC(CF)(CCl)C(F)F. The van der Waals surface area contributed by atoms with Crippen molar-refractivity contribution in [2.24, 2.45) is 5.84 Å². The molecule has 0 radical (unpaired) electrons. The van der Waals surface area contributed by atoms with Crippen LogP contribution < -0.4 is 11.3 Å². The van der Waals surface area contributed by atoms with Crippen LogP contribution in [0.1, 0.15) is 0 Å². The van der Waals surface area contributed by atoms with Gasteiger partial charge in [-0.25, -0.2) is 18.6 Å². The van der Waals surface area contributed by atoms with E-state index in [0.29, 0.717) is 0 Å². The van der Waals surface area contributed by atoms with Crippen LogP contribution in [0.5, 0.6) is 0 Å². The minimum absolute atomic E-state index is 0.558. The smallest absolute Gasteiger partial charge is 0.261 e. The minimum Gasteiger partial charge on any atom is -0.271 e. The van der Waals surface area contributed by atoms with Gasteiger partial charge in [0.2, 0.25) is 0 Å². The quantitative estimate of drug-likeness (QED) is 0.375. The summed E-state index contributed by atoms with van der Waals surface area (Å²) in [7, 11) is 0. The summed E-state index contributed by atoms with van der Waals surface area (Å²) in [4.78, 5) is 0. The number of halogens is 4. The maximum Gasteiger partial charge on any atom is 0.261 e. The van der Waals surface area contributed by atoms with Crippen LogP contribution in [0.2, 0.25) is 0 Å². The molecule has 0 aliphatic heterocycles. The van der Waals surface area contributed by atoms with Crippen molar-refractivity contribution in [3.8, 4) is 0 Å². The maximum absolute atomic E-state index is 11.9. The molecule has 1 atom stereocenters. The highest BCUT2D eigenvalue weighted by Gasteiger charge is 2.38. The van der Waals surface area contributed by atoms with Gasteiger partial charge >= 0.3 is 0 Å². The topological polar surface area (TPSA) is 38.0 Å². The number of nitrogens with one attached hydrogen (secondary N) is 1. The highest BCUT2D eigenvalue weighted by Crippen LogP contribution is 2.17. The van der Waals surface area contributed by atoms with E-state index in [1.807, 2.05) is 0 Å². The molecule has 0 aliphatic rings. The van der Waals surface area contributed by atoms with Crippen LogP contribution in [-0.2, 0) is 0 Å². The van der Waals surface area contributed by atoms with E-state index >= 15 is 0 Å². The van der Waals surface area contributed by atoms with Crippen molar-refractivity contribution in [3.05, 3.63) is 0 Å². The van der Waals surface area contributed by atoms with E-state index in [-0.39, 0.29) is 0 Å². The van der Waals surface area contributed by atoms with Gasteiger partial charge in [0.1, 0.15) is 12.2 Å². The zero-order valence-electron chi connectivity index (χ0n) is 5.08. The number of hydrogen-bond donors (Lipinski definition) is 2. The van der Waals surface area contributed by atoms with E-state index in [4.69, 9.17) is 11.6 Å². The van der Waals surface area contributed by atoms with Crippen LogP contribution in [0.25, 0.3) is 0 Å². The molecule has 0 saturated heterocycles. The Kier molecular flexibility index (Phi) is 4.00. The lowest BCUT2D eigenvalue weighted by Gasteiger charge is -2.25. The van der Waals surface area contributed by atoms with Crippen molar-refractivity contribution in [3.63, 3.8) is 0 Å². The first-order valence-corrected chi connectivity index (χ1v) is 3.04. The van der Waals surface area contributed by atoms with E-state index in [9.17, 15) is 13.2 Å². The van der Waals surface area contributed by atoms with E-state index in [2.05, 4.69) is 5.84 Å². The molecule has 1 unspecified atom stereocenters. The summed E-state index contributed by atoms with van der Waals surface area (Å²) >= 11 is 5.06. The molecule has 0 heterocycles. The fourth-order valence-corrected chi connectivity index (χ4v) is 0.558. The second-order valence-electron chi connectivity index (χ2n) is 1.87. The molecule has 0 aliphatic carbocycles. The highest BCUT2D eigenvalue weighted by molar-refractivity contribution is 6.18. The van der Waals surface area contributed by atoms with Gasteiger partial charge in [0, 0.05) is 0 Å². The predicted octanol–water partition coefficient (Wildman–Crippen LogP) is 0.662. The van der Waals surface area contributed by atoms with Crippen LogP contribution in [0, 0.1) is 0 Å². The van der Waals surface area contributed by atoms with Gasteiger partial charge in [0.25, 0.3) is 6.43 Å². The van der Waals surface area contributed by atoms with E-state index < -0.39 is 24.5 Å². The lowest BCUT2D eigenvalue weighted by molar-refractivity contribution is 0.0278. The number of nitrogens with two attached hydrogens (primary N) is 1. The minimum atomic E-state index is -2.90. The Morgan fingerprint density at radius 3 is 2.10 bits per heavy atom. The summed E-state index contributed by atoms with van der Waals surface area (Å²) in [6, 6.07) is 0. The van der Waals surface area contributed by atoms with Crippen molar-refractivity contribution in [2.45, 2.75) is 12.0 Å². The summed E-state index contributed by atoms with van der Waals surface area (Å²) < 4.78 is 35.6. The van der Waals surface area contributed by atoms with Crippen molar-refractivity contribution < 1.29 is 13.2 Å². The molecule has 0 spiro atoms. The molecule has 10 heavy (non-hydrogen) atoms. The first kappa shape index (κ1) is 10.0. The maximum atomic E-state index is 11.9. The van der Waals surface area contributed by atoms with Crippen LogP contribution in [-0.4, -0.2) is 24.5 Å². The summed E-state index contributed by atoms with van der Waals surface area (Å²) in [6.45, 7) is -1.29.